The Morgan fingerprint density at radius 2 is 2.04 bits per heavy atom. The van der Waals surface area contributed by atoms with Gasteiger partial charge in [-0.25, -0.2) is 18.5 Å². The van der Waals surface area contributed by atoms with E-state index in [1.165, 1.54) is 19.2 Å². The molecular weight excluding hydrogens is 374 g/mol. The van der Waals surface area contributed by atoms with Gasteiger partial charge in [0, 0.05) is 18.5 Å². The lowest BCUT2D eigenvalue weighted by molar-refractivity contribution is -0.116. The van der Waals surface area contributed by atoms with Crippen LogP contribution in [0.3, 0.4) is 0 Å². The minimum absolute atomic E-state index is 0.125. The Hall–Kier alpha value is -2.49. The van der Waals surface area contributed by atoms with Crippen molar-refractivity contribution in [1.29, 1.82) is 0 Å². The van der Waals surface area contributed by atoms with Crippen LogP contribution in [0, 0.1) is 0 Å². The average Bonchev–Trinajstić information content (AvgIpc) is 3.02. The average molecular weight is 391 g/mol. The van der Waals surface area contributed by atoms with Gasteiger partial charge in [0.25, 0.3) is 0 Å². The summed E-state index contributed by atoms with van der Waals surface area (Å²) in [7, 11) is -2.61. The molecule has 1 aromatic heterocycles. The number of primary sulfonamides is 1. The van der Waals surface area contributed by atoms with Crippen molar-refractivity contribution < 1.29 is 17.9 Å². The number of nitrogens with two attached hydrogens (primary N) is 1. The summed E-state index contributed by atoms with van der Waals surface area (Å²) in [5, 5.41) is 8.73. The Kier molecular flexibility index (Phi) is 5.21. The summed E-state index contributed by atoms with van der Waals surface area (Å²) in [6, 6.07) is 12.1. The number of ether oxygens (including phenoxy) is 1. The highest BCUT2D eigenvalue weighted by Gasteiger charge is 2.16. The zero-order valence-electron chi connectivity index (χ0n) is 13.9. The second-order valence-electron chi connectivity index (χ2n) is 5.53. The molecule has 3 aromatic rings. The van der Waals surface area contributed by atoms with Crippen molar-refractivity contribution in [2.45, 2.75) is 17.7 Å². The maximum absolute atomic E-state index is 12.2. The SMILES string of the molecule is COc1ccc(NC(=O)CCc2nc3ccccc3s2)cc1S(N)(=O)=O. The fraction of sp³-hybridized carbons (Fsp3) is 0.176. The van der Waals surface area contributed by atoms with Crippen LogP contribution in [-0.2, 0) is 21.2 Å². The van der Waals surface area contributed by atoms with Gasteiger partial charge in [-0.05, 0) is 30.3 Å². The minimum atomic E-state index is -3.96. The highest BCUT2D eigenvalue weighted by Crippen LogP contribution is 2.26. The van der Waals surface area contributed by atoms with Crippen LogP contribution in [-0.4, -0.2) is 26.4 Å². The molecule has 3 N–H and O–H groups in total. The van der Waals surface area contributed by atoms with Crippen molar-refractivity contribution in [2.75, 3.05) is 12.4 Å². The van der Waals surface area contributed by atoms with Gasteiger partial charge < -0.3 is 10.1 Å². The predicted octanol–water partition coefficient (Wildman–Crippen LogP) is 2.52. The molecule has 0 saturated heterocycles. The van der Waals surface area contributed by atoms with E-state index in [4.69, 9.17) is 9.88 Å². The normalized spacial score (nSPS) is 11.5. The van der Waals surface area contributed by atoms with Gasteiger partial charge in [-0.3, -0.25) is 4.79 Å². The van der Waals surface area contributed by atoms with Gasteiger partial charge >= 0.3 is 0 Å². The van der Waals surface area contributed by atoms with Crippen molar-refractivity contribution in [1.82, 2.24) is 4.98 Å². The molecule has 1 heterocycles. The Balaban J connectivity index is 1.68. The van der Waals surface area contributed by atoms with Crippen LogP contribution in [0.1, 0.15) is 11.4 Å². The van der Waals surface area contributed by atoms with Crippen LogP contribution in [0.4, 0.5) is 5.69 Å². The van der Waals surface area contributed by atoms with Crippen LogP contribution >= 0.6 is 11.3 Å². The maximum Gasteiger partial charge on any atom is 0.241 e. The number of nitrogens with zero attached hydrogens (tertiary/aromatic N) is 1. The third-order valence-corrected chi connectivity index (χ3v) is 5.69. The van der Waals surface area contributed by atoms with Gasteiger partial charge in [0.05, 0.1) is 22.3 Å². The fourth-order valence-corrected chi connectivity index (χ4v) is 4.14. The standard InChI is InChI=1S/C17H17N3O4S2/c1-24-13-7-6-11(10-15(13)26(18,22)23)19-16(21)8-9-17-20-12-4-2-3-5-14(12)25-17/h2-7,10H,8-9H2,1H3,(H,19,21)(H2,18,22,23). The zero-order valence-corrected chi connectivity index (χ0v) is 15.6. The monoisotopic (exact) mass is 391 g/mol. The number of fused-ring (bicyclic) bond motifs is 1. The second kappa shape index (κ2) is 7.40. The summed E-state index contributed by atoms with van der Waals surface area (Å²) in [6.07, 6.45) is 0.736. The number of amides is 1. The molecule has 9 heteroatoms. The van der Waals surface area contributed by atoms with Crippen molar-refractivity contribution in [2.24, 2.45) is 5.14 Å². The number of carbonyl (C=O) groups excluding carboxylic acids is 1. The number of anilines is 1. The number of sulfonamides is 1. The number of carbonyl (C=O) groups is 1. The van der Waals surface area contributed by atoms with E-state index < -0.39 is 10.0 Å². The Morgan fingerprint density at radius 1 is 1.27 bits per heavy atom. The molecule has 0 unspecified atom stereocenters. The lowest BCUT2D eigenvalue weighted by Crippen LogP contribution is -2.16. The number of rotatable bonds is 6. The molecule has 0 radical (unpaired) electrons. The van der Waals surface area contributed by atoms with E-state index in [1.54, 1.807) is 17.4 Å². The molecular formula is C17H17N3O4S2. The van der Waals surface area contributed by atoms with Crippen molar-refractivity contribution in [3.8, 4) is 5.75 Å². The van der Waals surface area contributed by atoms with E-state index in [0.717, 1.165) is 15.2 Å². The molecule has 0 spiro atoms. The molecule has 0 bridgehead atoms. The number of para-hydroxylation sites is 1. The summed E-state index contributed by atoms with van der Waals surface area (Å²) in [5.74, 6) is -0.116. The minimum Gasteiger partial charge on any atom is -0.495 e. The molecule has 1 amide bonds. The third-order valence-electron chi connectivity index (χ3n) is 3.66. The molecule has 0 aliphatic heterocycles. The maximum atomic E-state index is 12.2. The Bertz CT molecular complexity index is 1030. The van der Waals surface area contributed by atoms with Gasteiger partial charge in [-0.1, -0.05) is 12.1 Å². The number of aromatic nitrogens is 1. The Morgan fingerprint density at radius 3 is 2.73 bits per heavy atom. The lowest BCUT2D eigenvalue weighted by atomic mass is 10.2. The van der Waals surface area contributed by atoms with Gasteiger partial charge in [0.15, 0.2) is 0 Å². The largest absolute Gasteiger partial charge is 0.495 e. The number of benzene rings is 2. The summed E-state index contributed by atoms with van der Waals surface area (Å²) < 4.78 is 29.3. The van der Waals surface area contributed by atoms with Crippen molar-refractivity contribution >= 4 is 43.2 Å². The molecule has 3 rings (SSSR count). The van der Waals surface area contributed by atoms with Gasteiger partial charge in [0.2, 0.25) is 15.9 Å². The van der Waals surface area contributed by atoms with E-state index in [2.05, 4.69) is 10.3 Å². The van der Waals surface area contributed by atoms with Crippen LogP contribution in [0.25, 0.3) is 10.2 Å². The highest BCUT2D eigenvalue weighted by atomic mass is 32.2. The number of thiazole rings is 1. The molecule has 0 saturated carbocycles. The smallest absolute Gasteiger partial charge is 0.241 e. The molecule has 0 atom stereocenters. The van der Waals surface area contributed by atoms with Crippen LogP contribution in [0.15, 0.2) is 47.4 Å². The Labute approximate surface area is 154 Å². The van der Waals surface area contributed by atoms with Crippen molar-refractivity contribution in [3.05, 3.63) is 47.5 Å². The first-order valence-corrected chi connectivity index (χ1v) is 10.1. The topological polar surface area (TPSA) is 111 Å². The number of aryl methyl sites for hydroxylation is 1. The summed E-state index contributed by atoms with van der Waals surface area (Å²) >= 11 is 1.55. The predicted molar refractivity (Wildman–Crippen MR) is 101 cm³/mol. The second-order valence-corrected chi connectivity index (χ2v) is 8.18. The summed E-state index contributed by atoms with van der Waals surface area (Å²) in [6.45, 7) is 0. The van der Waals surface area contributed by atoms with E-state index in [0.29, 0.717) is 12.1 Å². The van der Waals surface area contributed by atoms with Crippen LogP contribution < -0.4 is 15.2 Å². The van der Waals surface area contributed by atoms with Gasteiger partial charge in [-0.2, -0.15) is 0 Å². The van der Waals surface area contributed by atoms with E-state index in [-0.39, 0.29) is 23.0 Å². The van der Waals surface area contributed by atoms with Crippen LogP contribution in [0.5, 0.6) is 5.75 Å². The summed E-state index contributed by atoms with van der Waals surface area (Å²) in [4.78, 5) is 16.5. The number of nitrogens with one attached hydrogen (secondary N) is 1. The molecule has 0 fully saturated rings. The number of methoxy groups -OCH3 is 1. The number of hydrogen-bond donors (Lipinski definition) is 2. The molecule has 26 heavy (non-hydrogen) atoms. The highest BCUT2D eigenvalue weighted by molar-refractivity contribution is 7.89. The number of hydrogen-bond acceptors (Lipinski definition) is 6. The van der Waals surface area contributed by atoms with Crippen molar-refractivity contribution in [3.63, 3.8) is 0 Å². The zero-order chi connectivity index (χ0) is 18.7. The molecule has 7 nitrogen and oxygen atoms in total. The quantitative estimate of drug-likeness (QED) is 0.671. The molecule has 2 aromatic carbocycles. The fourth-order valence-electron chi connectivity index (χ4n) is 2.45. The van der Waals surface area contributed by atoms with Gasteiger partial charge in [-0.15, -0.1) is 11.3 Å². The van der Waals surface area contributed by atoms with E-state index in [1.807, 2.05) is 24.3 Å². The first kappa shape index (κ1) is 18.3. The first-order chi connectivity index (χ1) is 12.4. The van der Waals surface area contributed by atoms with E-state index >= 15 is 0 Å². The lowest BCUT2D eigenvalue weighted by Gasteiger charge is -2.10. The molecule has 0 aliphatic carbocycles. The molecule has 136 valence electrons. The third kappa shape index (κ3) is 4.18. The summed E-state index contributed by atoms with van der Waals surface area (Å²) in [5.41, 5.74) is 1.25. The van der Waals surface area contributed by atoms with E-state index in [9.17, 15) is 13.2 Å². The van der Waals surface area contributed by atoms with Gasteiger partial charge in [0.1, 0.15) is 10.6 Å². The first-order valence-electron chi connectivity index (χ1n) is 7.72. The molecule has 0 aliphatic rings. The van der Waals surface area contributed by atoms with Crippen LogP contribution in [0.2, 0.25) is 0 Å².